The van der Waals surface area contributed by atoms with Crippen LogP contribution in [0.4, 0.5) is 0 Å². The van der Waals surface area contributed by atoms with Gasteiger partial charge in [-0.05, 0) is 25.9 Å². The third-order valence-electron chi connectivity index (χ3n) is 4.00. The van der Waals surface area contributed by atoms with Crippen molar-refractivity contribution in [3.8, 4) is 0 Å². The van der Waals surface area contributed by atoms with E-state index in [0.717, 1.165) is 25.9 Å². The zero-order valence-corrected chi connectivity index (χ0v) is 14.1. The highest BCUT2D eigenvalue weighted by Gasteiger charge is 2.29. The van der Waals surface area contributed by atoms with Gasteiger partial charge in [-0.3, -0.25) is 9.58 Å². The van der Waals surface area contributed by atoms with Gasteiger partial charge in [-0.2, -0.15) is 9.40 Å². The number of hydrogen-bond donors (Lipinski definition) is 0. The lowest BCUT2D eigenvalue weighted by atomic mass is 10.2. The number of aromatic nitrogens is 2. The number of hydrogen-bond acceptors (Lipinski definition) is 4. The Hall–Kier alpha value is -0.630. The maximum Gasteiger partial charge on any atom is 0.245 e. The van der Waals surface area contributed by atoms with Gasteiger partial charge in [-0.25, -0.2) is 8.42 Å². The monoisotopic (exact) mass is 334 g/mol. The number of sulfonamides is 1. The van der Waals surface area contributed by atoms with Crippen LogP contribution in [0.15, 0.2) is 17.3 Å². The van der Waals surface area contributed by atoms with Crippen molar-refractivity contribution in [2.45, 2.75) is 37.2 Å². The maximum absolute atomic E-state index is 12.6. The van der Waals surface area contributed by atoms with Crippen LogP contribution in [0.1, 0.15) is 19.8 Å². The van der Waals surface area contributed by atoms with E-state index in [1.54, 1.807) is 17.9 Å². The van der Waals surface area contributed by atoms with E-state index >= 15 is 0 Å². The number of likely N-dealkylation sites (N-methyl/N-ethyl adjacent to an activating group) is 2. The van der Waals surface area contributed by atoms with Crippen LogP contribution in [0.2, 0.25) is 0 Å². The van der Waals surface area contributed by atoms with Crippen molar-refractivity contribution in [3.05, 3.63) is 12.4 Å². The van der Waals surface area contributed by atoms with Gasteiger partial charge in [0.15, 0.2) is 0 Å². The lowest BCUT2D eigenvalue weighted by molar-refractivity contribution is 0.237. The van der Waals surface area contributed by atoms with E-state index in [-0.39, 0.29) is 4.90 Å². The summed E-state index contributed by atoms with van der Waals surface area (Å²) in [6.07, 6.45) is 5.13. The summed E-state index contributed by atoms with van der Waals surface area (Å²) in [6.45, 7) is 5.17. The van der Waals surface area contributed by atoms with Crippen molar-refractivity contribution in [2.24, 2.45) is 0 Å². The maximum atomic E-state index is 12.6. The van der Waals surface area contributed by atoms with Crippen LogP contribution in [0.3, 0.4) is 0 Å². The summed E-state index contributed by atoms with van der Waals surface area (Å²) in [6, 6.07) is 0.313. The summed E-state index contributed by atoms with van der Waals surface area (Å²) in [5, 5.41) is 4.03. The number of rotatable bonds is 7. The van der Waals surface area contributed by atoms with Gasteiger partial charge in [0.05, 0.1) is 12.7 Å². The molecule has 0 aliphatic carbocycles. The smallest absolute Gasteiger partial charge is 0.245 e. The first-order chi connectivity index (χ1) is 9.98. The zero-order chi connectivity index (χ0) is 15.5. The topological polar surface area (TPSA) is 58.4 Å². The zero-order valence-electron chi connectivity index (χ0n) is 12.6. The van der Waals surface area contributed by atoms with Crippen molar-refractivity contribution in [3.63, 3.8) is 0 Å². The van der Waals surface area contributed by atoms with Crippen LogP contribution in [-0.2, 0) is 16.6 Å². The van der Waals surface area contributed by atoms with Gasteiger partial charge in [-0.1, -0.05) is 6.92 Å². The highest BCUT2D eigenvalue weighted by Crippen LogP contribution is 2.20. The van der Waals surface area contributed by atoms with Gasteiger partial charge in [0.2, 0.25) is 10.0 Å². The second-order valence-electron chi connectivity index (χ2n) is 5.34. The van der Waals surface area contributed by atoms with Gasteiger partial charge in [0.25, 0.3) is 0 Å². The van der Waals surface area contributed by atoms with Crippen LogP contribution in [0.5, 0.6) is 0 Å². The van der Waals surface area contributed by atoms with E-state index in [0.29, 0.717) is 25.0 Å². The highest BCUT2D eigenvalue weighted by molar-refractivity contribution is 7.89. The SMILES string of the molecule is CCN1CCCC1CN(C)S(=O)(=O)c1cnn(CCCl)c1. The van der Waals surface area contributed by atoms with Crippen LogP contribution >= 0.6 is 11.6 Å². The molecule has 0 bridgehead atoms. The van der Waals surface area contributed by atoms with Gasteiger partial charge < -0.3 is 0 Å². The number of nitrogens with zero attached hydrogens (tertiary/aromatic N) is 4. The summed E-state index contributed by atoms with van der Waals surface area (Å²) >= 11 is 5.64. The largest absolute Gasteiger partial charge is 0.299 e. The first-order valence-electron chi connectivity index (χ1n) is 7.27. The fraction of sp³-hybridized carbons (Fsp3) is 0.769. The minimum atomic E-state index is -3.48. The molecule has 0 spiro atoms. The van der Waals surface area contributed by atoms with Crippen LogP contribution in [0.25, 0.3) is 0 Å². The third kappa shape index (κ3) is 3.77. The van der Waals surface area contributed by atoms with Crippen LogP contribution in [-0.4, -0.2) is 66.0 Å². The fourth-order valence-corrected chi connectivity index (χ4v) is 4.12. The Morgan fingerprint density at radius 3 is 2.95 bits per heavy atom. The molecular weight excluding hydrogens is 312 g/mol. The van der Waals surface area contributed by atoms with E-state index in [9.17, 15) is 8.42 Å². The van der Waals surface area contributed by atoms with Gasteiger partial charge in [0, 0.05) is 31.7 Å². The summed E-state index contributed by atoms with van der Waals surface area (Å²) < 4.78 is 28.1. The second-order valence-corrected chi connectivity index (χ2v) is 7.76. The molecule has 1 unspecified atom stereocenters. The van der Waals surface area contributed by atoms with Crippen molar-refractivity contribution in [2.75, 3.05) is 32.6 Å². The molecular formula is C13H23ClN4O2S. The van der Waals surface area contributed by atoms with Crippen LogP contribution < -0.4 is 0 Å². The lowest BCUT2D eigenvalue weighted by Gasteiger charge is -2.27. The van der Waals surface area contributed by atoms with Crippen molar-refractivity contribution < 1.29 is 8.42 Å². The molecule has 8 heteroatoms. The molecule has 1 aromatic heterocycles. The highest BCUT2D eigenvalue weighted by atomic mass is 35.5. The molecule has 1 aliphatic heterocycles. The minimum absolute atomic E-state index is 0.233. The fourth-order valence-electron chi connectivity index (χ4n) is 2.78. The molecule has 2 heterocycles. The molecule has 21 heavy (non-hydrogen) atoms. The van der Waals surface area contributed by atoms with E-state index < -0.39 is 10.0 Å². The molecule has 1 aliphatic rings. The molecule has 6 nitrogen and oxygen atoms in total. The normalized spacial score (nSPS) is 20.5. The number of halogens is 1. The Kier molecular flexibility index (Phi) is 5.65. The van der Waals surface area contributed by atoms with Crippen molar-refractivity contribution in [1.82, 2.24) is 19.0 Å². The quantitative estimate of drug-likeness (QED) is 0.704. The van der Waals surface area contributed by atoms with E-state index in [1.807, 2.05) is 0 Å². The minimum Gasteiger partial charge on any atom is -0.299 e. The van der Waals surface area contributed by atoms with Gasteiger partial charge in [0.1, 0.15) is 4.90 Å². The summed E-state index contributed by atoms with van der Waals surface area (Å²) in [5.74, 6) is 0.407. The Labute approximate surface area is 131 Å². The molecule has 0 saturated carbocycles. The van der Waals surface area contributed by atoms with Crippen LogP contribution in [0, 0.1) is 0 Å². The molecule has 120 valence electrons. The average molecular weight is 335 g/mol. The Morgan fingerprint density at radius 2 is 2.29 bits per heavy atom. The van der Waals surface area contributed by atoms with Crippen molar-refractivity contribution >= 4 is 21.6 Å². The van der Waals surface area contributed by atoms with E-state index in [1.165, 1.54) is 10.5 Å². The van der Waals surface area contributed by atoms with E-state index in [2.05, 4.69) is 16.9 Å². The predicted molar refractivity (Wildman–Crippen MR) is 83.0 cm³/mol. The average Bonchev–Trinajstić information content (AvgIpc) is 3.08. The van der Waals surface area contributed by atoms with Gasteiger partial charge in [-0.15, -0.1) is 11.6 Å². The van der Waals surface area contributed by atoms with E-state index in [4.69, 9.17) is 11.6 Å². The Balaban J connectivity index is 2.07. The molecule has 0 amide bonds. The second kappa shape index (κ2) is 7.09. The first kappa shape index (κ1) is 16.7. The number of likely N-dealkylation sites (tertiary alicyclic amines) is 1. The molecule has 1 atom stereocenters. The van der Waals surface area contributed by atoms with Gasteiger partial charge >= 0.3 is 0 Å². The molecule has 0 radical (unpaired) electrons. The molecule has 1 aromatic rings. The standard InChI is InChI=1S/C13H23ClN4O2S/c1-3-17-7-4-5-12(17)10-16(2)21(19,20)13-9-15-18(11-13)8-6-14/h9,11-12H,3-8,10H2,1-2H3. The molecule has 2 rings (SSSR count). The summed E-state index contributed by atoms with van der Waals surface area (Å²) in [7, 11) is -1.84. The lowest BCUT2D eigenvalue weighted by Crippen LogP contribution is -2.41. The number of alkyl halides is 1. The summed E-state index contributed by atoms with van der Waals surface area (Å²) in [5.41, 5.74) is 0. The summed E-state index contributed by atoms with van der Waals surface area (Å²) in [4.78, 5) is 2.57. The molecule has 1 fully saturated rings. The third-order valence-corrected chi connectivity index (χ3v) is 5.95. The first-order valence-corrected chi connectivity index (χ1v) is 9.25. The molecule has 0 aromatic carbocycles. The molecule has 0 N–H and O–H groups in total. The van der Waals surface area contributed by atoms with Crippen molar-refractivity contribution in [1.29, 1.82) is 0 Å². The predicted octanol–water partition coefficient (Wildman–Crippen LogP) is 1.23. The Bertz CT molecular complexity index is 560. The Morgan fingerprint density at radius 1 is 1.52 bits per heavy atom. The molecule has 1 saturated heterocycles. The number of aryl methyl sites for hydroxylation is 1.